The number of carbonyl (C=O) groups excluding carboxylic acids is 1. The molecule has 0 aliphatic rings. The first-order valence-electron chi connectivity index (χ1n) is 4.33. The zero-order valence-corrected chi connectivity index (χ0v) is 7.78. The third-order valence-electron chi connectivity index (χ3n) is 2.29. The van der Waals surface area contributed by atoms with Gasteiger partial charge in [-0.2, -0.15) is 0 Å². The van der Waals surface area contributed by atoms with Crippen molar-refractivity contribution in [2.75, 3.05) is 0 Å². The van der Waals surface area contributed by atoms with Crippen molar-refractivity contribution >= 4 is 17.3 Å². The van der Waals surface area contributed by atoms with Gasteiger partial charge in [0.2, 0.25) is 0 Å². The number of hydrogen-bond acceptors (Lipinski definition) is 2. The normalized spacial score (nSPS) is 10.6. The van der Waals surface area contributed by atoms with Crippen molar-refractivity contribution in [1.29, 1.82) is 0 Å². The molecule has 0 fully saturated rings. The summed E-state index contributed by atoms with van der Waals surface area (Å²) in [5.41, 5.74) is 2.41. The number of fused-ring (bicyclic) bond motifs is 1. The quantitative estimate of drug-likeness (QED) is 0.705. The SMILES string of the molecule is Cn1c(=O)[nH]c2ccc(CC=O)cc21. The smallest absolute Gasteiger partial charge is 0.306 e. The molecule has 0 spiro atoms. The van der Waals surface area contributed by atoms with E-state index in [2.05, 4.69) is 4.98 Å². The molecular weight excluding hydrogens is 180 g/mol. The summed E-state index contributed by atoms with van der Waals surface area (Å²) < 4.78 is 1.53. The Hall–Kier alpha value is -1.84. The molecule has 4 nitrogen and oxygen atoms in total. The van der Waals surface area contributed by atoms with Crippen molar-refractivity contribution in [3.63, 3.8) is 0 Å². The maximum absolute atomic E-state index is 11.2. The molecule has 0 saturated heterocycles. The molecule has 1 aromatic heterocycles. The minimum atomic E-state index is -0.136. The topological polar surface area (TPSA) is 54.9 Å². The zero-order chi connectivity index (χ0) is 10.1. The number of aryl methyl sites for hydroxylation is 1. The number of benzene rings is 1. The minimum absolute atomic E-state index is 0.136. The summed E-state index contributed by atoms with van der Waals surface area (Å²) in [6, 6.07) is 5.50. The minimum Gasteiger partial charge on any atom is -0.306 e. The van der Waals surface area contributed by atoms with E-state index in [1.165, 1.54) is 4.57 Å². The van der Waals surface area contributed by atoms with E-state index in [1.54, 1.807) is 7.05 Å². The van der Waals surface area contributed by atoms with Gasteiger partial charge in [-0.05, 0) is 17.7 Å². The van der Waals surface area contributed by atoms with Crippen LogP contribution in [0, 0.1) is 0 Å². The van der Waals surface area contributed by atoms with Crippen molar-refractivity contribution in [2.45, 2.75) is 6.42 Å². The average Bonchev–Trinajstić information content (AvgIpc) is 2.45. The highest BCUT2D eigenvalue weighted by Gasteiger charge is 2.03. The Morgan fingerprint density at radius 2 is 2.29 bits per heavy atom. The molecule has 0 saturated carbocycles. The van der Waals surface area contributed by atoms with Crippen molar-refractivity contribution in [3.8, 4) is 0 Å². The van der Waals surface area contributed by atoms with Gasteiger partial charge in [0.1, 0.15) is 6.29 Å². The van der Waals surface area contributed by atoms with E-state index in [9.17, 15) is 9.59 Å². The van der Waals surface area contributed by atoms with E-state index in [0.29, 0.717) is 6.42 Å². The molecular formula is C10H10N2O2. The van der Waals surface area contributed by atoms with Gasteiger partial charge in [0.05, 0.1) is 11.0 Å². The second-order valence-corrected chi connectivity index (χ2v) is 3.21. The van der Waals surface area contributed by atoms with E-state index < -0.39 is 0 Å². The number of aromatic nitrogens is 2. The summed E-state index contributed by atoms with van der Waals surface area (Å²) in [6.45, 7) is 0. The van der Waals surface area contributed by atoms with Crippen molar-refractivity contribution in [2.24, 2.45) is 7.05 Å². The molecule has 1 N–H and O–H groups in total. The van der Waals surface area contributed by atoms with Crippen LogP contribution in [0.25, 0.3) is 11.0 Å². The molecule has 72 valence electrons. The number of H-pyrrole nitrogens is 1. The molecule has 0 unspecified atom stereocenters. The van der Waals surface area contributed by atoms with E-state index in [0.717, 1.165) is 22.9 Å². The summed E-state index contributed by atoms with van der Waals surface area (Å²) >= 11 is 0. The van der Waals surface area contributed by atoms with Crippen LogP contribution in [0.3, 0.4) is 0 Å². The molecule has 0 bridgehead atoms. The van der Waals surface area contributed by atoms with Crippen molar-refractivity contribution < 1.29 is 4.79 Å². The summed E-state index contributed by atoms with van der Waals surface area (Å²) in [7, 11) is 1.70. The third kappa shape index (κ3) is 1.25. The lowest BCUT2D eigenvalue weighted by Crippen LogP contribution is -2.11. The average molecular weight is 190 g/mol. The van der Waals surface area contributed by atoms with Crippen LogP contribution in [0.4, 0.5) is 0 Å². The Balaban J connectivity index is 2.69. The van der Waals surface area contributed by atoms with Crippen LogP contribution in [0.2, 0.25) is 0 Å². The highest BCUT2D eigenvalue weighted by Crippen LogP contribution is 2.11. The van der Waals surface area contributed by atoms with E-state index in [4.69, 9.17) is 0 Å². The zero-order valence-electron chi connectivity index (χ0n) is 7.78. The maximum atomic E-state index is 11.2. The largest absolute Gasteiger partial charge is 0.326 e. The number of rotatable bonds is 2. The maximum Gasteiger partial charge on any atom is 0.326 e. The Bertz CT molecular complexity index is 537. The van der Waals surface area contributed by atoms with Gasteiger partial charge in [0.15, 0.2) is 0 Å². The molecule has 14 heavy (non-hydrogen) atoms. The molecule has 1 heterocycles. The highest BCUT2D eigenvalue weighted by atomic mass is 16.1. The van der Waals surface area contributed by atoms with Gasteiger partial charge in [0, 0.05) is 13.5 Å². The summed E-state index contributed by atoms with van der Waals surface area (Å²) in [4.78, 5) is 24.3. The van der Waals surface area contributed by atoms with Crippen LogP contribution in [-0.4, -0.2) is 15.8 Å². The molecule has 0 radical (unpaired) electrons. The third-order valence-corrected chi connectivity index (χ3v) is 2.29. The lowest BCUT2D eigenvalue weighted by molar-refractivity contribution is -0.107. The van der Waals surface area contributed by atoms with Gasteiger partial charge in [-0.25, -0.2) is 4.79 Å². The van der Waals surface area contributed by atoms with Crippen LogP contribution in [0.1, 0.15) is 5.56 Å². The van der Waals surface area contributed by atoms with Crippen molar-refractivity contribution in [3.05, 3.63) is 34.2 Å². The van der Waals surface area contributed by atoms with Gasteiger partial charge < -0.3 is 9.78 Å². The van der Waals surface area contributed by atoms with Crippen molar-refractivity contribution in [1.82, 2.24) is 9.55 Å². The standard InChI is InChI=1S/C10H10N2O2/c1-12-9-6-7(4-5-13)2-3-8(9)11-10(12)14/h2-3,5-6H,4H2,1H3,(H,11,14). The number of aldehydes is 1. The van der Waals surface area contributed by atoms with Crippen LogP contribution < -0.4 is 5.69 Å². The predicted molar refractivity (Wildman–Crippen MR) is 53.3 cm³/mol. The monoisotopic (exact) mass is 190 g/mol. The molecule has 0 atom stereocenters. The molecule has 0 aliphatic carbocycles. The van der Waals surface area contributed by atoms with Crippen LogP contribution >= 0.6 is 0 Å². The predicted octanol–water partition coefficient (Wildman–Crippen LogP) is 0.608. The second-order valence-electron chi connectivity index (χ2n) is 3.21. The Morgan fingerprint density at radius 1 is 1.50 bits per heavy atom. The Kier molecular flexibility index (Phi) is 1.96. The lowest BCUT2D eigenvalue weighted by Gasteiger charge is -1.96. The molecule has 4 heteroatoms. The van der Waals surface area contributed by atoms with E-state index in [1.807, 2.05) is 18.2 Å². The lowest BCUT2D eigenvalue weighted by atomic mass is 10.1. The van der Waals surface area contributed by atoms with Gasteiger partial charge in [-0.3, -0.25) is 4.57 Å². The molecule has 1 aromatic carbocycles. The fraction of sp³-hybridized carbons (Fsp3) is 0.200. The first kappa shape index (κ1) is 8.74. The summed E-state index contributed by atoms with van der Waals surface area (Å²) in [5.74, 6) is 0. The number of hydrogen-bond donors (Lipinski definition) is 1. The molecule has 0 aliphatic heterocycles. The number of imidazole rings is 1. The van der Waals surface area contributed by atoms with Crippen LogP contribution in [0.5, 0.6) is 0 Å². The van der Waals surface area contributed by atoms with E-state index in [-0.39, 0.29) is 5.69 Å². The number of carbonyl (C=O) groups is 1. The first-order valence-corrected chi connectivity index (χ1v) is 4.33. The first-order chi connectivity index (χ1) is 6.72. The van der Waals surface area contributed by atoms with Gasteiger partial charge >= 0.3 is 5.69 Å². The van der Waals surface area contributed by atoms with Crippen LogP contribution in [-0.2, 0) is 18.3 Å². The van der Waals surface area contributed by atoms with E-state index >= 15 is 0 Å². The number of aromatic amines is 1. The Morgan fingerprint density at radius 3 is 3.00 bits per heavy atom. The van der Waals surface area contributed by atoms with Crippen LogP contribution in [0.15, 0.2) is 23.0 Å². The number of nitrogens with one attached hydrogen (secondary N) is 1. The summed E-state index contributed by atoms with van der Waals surface area (Å²) in [6.07, 6.45) is 1.24. The fourth-order valence-corrected chi connectivity index (χ4v) is 1.49. The highest BCUT2D eigenvalue weighted by molar-refractivity contribution is 5.76. The second kappa shape index (κ2) is 3.14. The summed E-state index contributed by atoms with van der Waals surface area (Å²) in [5, 5.41) is 0. The fourth-order valence-electron chi connectivity index (χ4n) is 1.49. The van der Waals surface area contributed by atoms with Gasteiger partial charge in [0.25, 0.3) is 0 Å². The van der Waals surface area contributed by atoms with Gasteiger partial charge in [-0.15, -0.1) is 0 Å². The van der Waals surface area contributed by atoms with Gasteiger partial charge in [-0.1, -0.05) is 6.07 Å². The Labute approximate surface area is 80.2 Å². The molecule has 2 aromatic rings. The number of nitrogens with zero attached hydrogens (tertiary/aromatic N) is 1. The molecule has 2 rings (SSSR count). The molecule has 0 amide bonds.